The van der Waals surface area contributed by atoms with Gasteiger partial charge in [-0.25, -0.2) is 4.98 Å². The van der Waals surface area contributed by atoms with E-state index >= 15 is 0 Å². The van der Waals surface area contributed by atoms with Gasteiger partial charge in [-0.2, -0.15) is 4.98 Å². The first-order chi connectivity index (χ1) is 11.6. The van der Waals surface area contributed by atoms with E-state index in [2.05, 4.69) is 52.1 Å². The lowest BCUT2D eigenvalue weighted by molar-refractivity contribution is 0.565. The summed E-state index contributed by atoms with van der Waals surface area (Å²) in [6.45, 7) is 3.99. The van der Waals surface area contributed by atoms with Crippen LogP contribution in [0.3, 0.4) is 0 Å². The van der Waals surface area contributed by atoms with E-state index in [1.807, 2.05) is 0 Å². The normalized spacial score (nSPS) is 26.4. The van der Waals surface area contributed by atoms with Gasteiger partial charge in [-0.1, -0.05) is 37.3 Å². The van der Waals surface area contributed by atoms with Crippen LogP contribution in [0.1, 0.15) is 42.5 Å². The van der Waals surface area contributed by atoms with Crippen LogP contribution in [0.4, 0.5) is 11.8 Å². The number of aromatic nitrogens is 2. The summed E-state index contributed by atoms with van der Waals surface area (Å²) >= 11 is 0. The molecule has 1 aromatic carbocycles. The van der Waals surface area contributed by atoms with Gasteiger partial charge in [0.05, 0.1) is 5.69 Å². The van der Waals surface area contributed by atoms with Crippen molar-refractivity contribution < 1.29 is 0 Å². The third-order valence-corrected chi connectivity index (χ3v) is 5.46. The van der Waals surface area contributed by atoms with Crippen molar-refractivity contribution in [1.29, 1.82) is 0 Å². The van der Waals surface area contributed by atoms with Crippen molar-refractivity contribution >= 4 is 11.8 Å². The Morgan fingerprint density at radius 3 is 2.62 bits per heavy atom. The Morgan fingerprint density at radius 2 is 1.92 bits per heavy atom. The maximum atomic E-state index is 6.22. The van der Waals surface area contributed by atoms with Gasteiger partial charge in [0.15, 0.2) is 0 Å². The Bertz CT molecular complexity index is 720. The average molecular weight is 323 g/mol. The molecule has 0 saturated carbocycles. The third kappa shape index (κ3) is 2.63. The fourth-order valence-corrected chi connectivity index (χ4v) is 4.09. The van der Waals surface area contributed by atoms with Gasteiger partial charge in [0.25, 0.3) is 0 Å². The monoisotopic (exact) mass is 323 g/mol. The highest BCUT2D eigenvalue weighted by Gasteiger charge is 2.33. The van der Waals surface area contributed by atoms with E-state index in [0.717, 1.165) is 43.9 Å². The van der Waals surface area contributed by atoms with Crippen LogP contribution in [0.25, 0.3) is 0 Å². The van der Waals surface area contributed by atoms with Crippen molar-refractivity contribution in [1.82, 2.24) is 9.97 Å². The van der Waals surface area contributed by atoms with Crippen LogP contribution >= 0.6 is 0 Å². The highest BCUT2D eigenvalue weighted by atomic mass is 15.2. The van der Waals surface area contributed by atoms with E-state index in [0.29, 0.717) is 17.8 Å². The molecule has 0 radical (unpaired) electrons. The molecule has 0 bridgehead atoms. The minimum atomic E-state index is 0.199. The molecule has 5 nitrogen and oxygen atoms in total. The summed E-state index contributed by atoms with van der Waals surface area (Å²) < 4.78 is 0. The van der Waals surface area contributed by atoms with Gasteiger partial charge in [-0.3, -0.25) is 0 Å². The molecule has 1 aromatic heterocycles. The second kappa shape index (κ2) is 6.06. The summed E-state index contributed by atoms with van der Waals surface area (Å²) in [6, 6.07) is 10.8. The number of rotatable bonds is 2. The number of anilines is 2. The molecule has 5 heteroatoms. The molecule has 1 unspecified atom stereocenters. The van der Waals surface area contributed by atoms with Crippen molar-refractivity contribution in [2.45, 2.75) is 38.1 Å². The van der Waals surface area contributed by atoms with Crippen molar-refractivity contribution in [3.63, 3.8) is 0 Å². The molecule has 1 aliphatic carbocycles. The lowest BCUT2D eigenvalue weighted by Gasteiger charge is -2.29. The molecule has 1 aliphatic heterocycles. The number of fused-ring (bicyclic) bond motifs is 1. The zero-order chi connectivity index (χ0) is 16.7. The Morgan fingerprint density at radius 1 is 1.12 bits per heavy atom. The van der Waals surface area contributed by atoms with Gasteiger partial charge in [0.2, 0.25) is 5.95 Å². The predicted molar refractivity (Wildman–Crippen MR) is 97.0 cm³/mol. The fourth-order valence-electron chi connectivity index (χ4n) is 4.09. The Labute approximate surface area is 143 Å². The van der Waals surface area contributed by atoms with Gasteiger partial charge in [-0.15, -0.1) is 0 Å². The van der Waals surface area contributed by atoms with Gasteiger partial charge < -0.3 is 16.4 Å². The molecule has 24 heavy (non-hydrogen) atoms. The van der Waals surface area contributed by atoms with Crippen molar-refractivity contribution in [3.8, 4) is 0 Å². The van der Waals surface area contributed by atoms with Crippen LogP contribution in [0.2, 0.25) is 0 Å². The Hall–Kier alpha value is -2.14. The molecule has 126 valence electrons. The summed E-state index contributed by atoms with van der Waals surface area (Å²) in [5, 5.41) is 0. The molecule has 4 rings (SSSR count). The first kappa shape index (κ1) is 15.4. The fraction of sp³-hybridized carbons (Fsp3) is 0.474. The quantitative estimate of drug-likeness (QED) is 0.886. The molecule has 2 heterocycles. The zero-order valence-corrected chi connectivity index (χ0v) is 14.2. The van der Waals surface area contributed by atoms with Crippen LogP contribution in [0.5, 0.6) is 0 Å². The van der Waals surface area contributed by atoms with Crippen molar-refractivity contribution in [3.05, 3.63) is 47.2 Å². The number of nitrogen functional groups attached to an aromatic ring is 1. The first-order valence-corrected chi connectivity index (χ1v) is 8.85. The van der Waals surface area contributed by atoms with Crippen molar-refractivity contribution in [2.24, 2.45) is 11.7 Å². The standard InChI is InChI=1S/C19H25N5/c1-12-10-24(11-16(12)20)18-15-9-5-8-14(13-6-3-2-4-7-13)17(15)22-19(21)23-18/h2-4,6-7,12,14,16H,5,8-11,20H2,1H3,(H2,21,22,23)/t12-,14?,16-/m0/s1. The highest BCUT2D eigenvalue weighted by molar-refractivity contribution is 5.56. The topological polar surface area (TPSA) is 81.1 Å². The summed E-state index contributed by atoms with van der Waals surface area (Å²) in [6.07, 6.45) is 3.29. The lowest BCUT2D eigenvalue weighted by Crippen LogP contribution is -2.30. The third-order valence-electron chi connectivity index (χ3n) is 5.46. The second-order valence-corrected chi connectivity index (χ2v) is 7.17. The van der Waals surface area contributed by atoms with Gasteiger partial charge in [0, 0.05) is 30.6 Å². The largest absolute Gasteiger partial charge is 0.368 e. The first-order valence-electron chi connectivity index (χ1n) is 8.85. The zero-order valence-electron chi connectivity index (χ0n) is 14.2. The summed E-state index contributed by atoms with van der Waals surface area (Å²) in [7, 11) is 0. The van der Waals surface area contributed by atoms with E-state index in [9.17, 15) is 0 Å². The Kier molecular flexibility index (Phi) is 3.88. The van der Waals surface area contributed by atoms with Gasteiger partial charge >= 0.3 is 0 Å². The van der Waals surface area contributed by atoms with E-state index in [-0.39, 0.29) is 6.04 Å². The number of hydrogen-bond acceptors (Lipinski definition) is 5. The van der Waals surface area contributed by atoms with Crippen molar-refractivity contribution in [2.75, 3.05) is 23.7 Å². The molecule has 4 N–H and O–H groups in total. The molecule has 2 aromatic rings. The minimum Gasteiger partial charge on any atom is -0.368 e. The van der Waals surface area contributed by atoms with E-state index in [4.69, 9.17) is 11.5 Å². The molecule has 1 fully saturated rings. The molecule has 0 spiro atoms. The number of hydrogen-bond donors (Lipinski definition) is 2. The van der Waals surface area contributed by atoms with Gasteiger partial charge in [0.1, 0.15) is 5.82 Å². The molecule has 0 amide bonds. The van der Waals surface area contributed by atoms with Crippen LogP contribution in [-0.2, 0) is 6.42 Å². The van der Waals surface area contributed by atoms with Crippen LogP contribution in [0.15, 0.2) is 30.3 Å². The summed E-state index contributed by atoms with van der Waals surface area (Å²) in [5.41, 5.74) is 16.0. The number of nitrogens with zero attached hydrogens (tertiary/aromatic N) is 3. The molecule has 3 atom stereocenters. The predicted octanol–water partition coefficient (Wildman–Crippen LogP) is 2.31. The van der Waals surface area contributed by atoms with E-state index < -0.39 is 0 Å². The molecule has 1 saturated heterocycles. The van der Waals surface area contributed by atoms with Crippen LogP contribution < -0.4 is 16.4 Å². The molecular formula is C19H25N5. The Balaban J connectivity index is 1.78. The lowest BCUT2D eigenvalue weighted by atomic mass is 9.82. The maximum absolute atomic E-state index is 6.22. The maximum Gasteiger partial charge on any atom is 0.222 e. The summed E-state index contributed by atoms with van der Waals surface area (Å²) in [4.78, 5) is 11.6. The van der Waals surface area contributed by atoms with E-state index in [1.54, 1.807) is 0 Å². The molecular weight excluding hydrogens is 298 g/mol. The summed E-state index contributed by atoms with van der Waals surface area (Å²) in [5.74, 6) is 2.18. The minimum absolute atomic E-state index is 0.199. The molecule has 2 aliphatic rings. The van der Waals surface area contributed by atoms with Gasteiger partial charge in [-0.05, 0) is 30.7 Å². The van der Waals surface area contributed by atoms with Crippen LogP contribution in [-0.4, -0.2) is 29.1 Å². The smallest absolute Gasteiger partial charge is 0.222 e. The number of nitrogens with two attached hydrogens (primary N) is 2. The SMILES string of the molecule is C[C@H]1CN(c2nc(N)nc3c2CCCC3c2ccccc2)C[C@@H]1N. The van der Waals surface area contributed by atoms with Crippen LogP contribution in [0, 0.1) is 5.92 Å². The number of benzene rings is 1. The highest BCUT2D eigenvalue weighted by Crippen LogP contribution is 2.40. The van der Waals surface area contributed by atoms with E-state index in [1.165, 1.54) is 11.1 Å². The average Bonchev–Trinajstić information content (AvgIpc) is 2.93. The second-order valence-electron chi connectivity index (χ2n) is 7.17.